The summed E-state index contributed by atoms with van der Waals surface area (Å²) >= 11 is 0. The Bertz CT molecular complexity index is 1140. The third-order valence-electron chi connectivity index (χ3n) is 5.31. The number of hydrogen-bond donors (Lipinski definition) is 1. The molecule has 5 rings (SSSR count). The molecule has 0 bridgehead atoms. The molecule has 2 heterocycles. The lowest BCUT2D eigenvalue weighted by Crippen LogP contribution is -2.27. The average Bonchev–Trinajstić information content (AvgIpc) is 3.37. The van der Waals surface area contributed by atoms with E-state index >= 15 is 0 Å². The number of nitrogens with zero attached hydrogens (tertiary/aromatic N) is 4. The van der Waals surface area contributed by atoms with Crippen molar-refractivity contribution in [1.82, 2.24) is 24.9 Å². The van der Waals surface area contributed by atoms with Gasteiger partial charge in [0.15, 0.2) is 0 Å². The van der Waals surface area contributed by atoms with Crippen molar-refractivity contribution in [2.24, 2.45) is 0 Å². The second kappa shape index (κ2) is 7.99. The van der Waals surface area contributed by atoms with Crippen LogP contribution in [-0.2, 0) is 6.42 Å². The molecule has 0 aliphatic heterocycles. The third-order valence-corrected chi connectivity index (χ3v) is 5.31. The van der Waals surface area contributed by atoms with E-state index in [4.69, 9.17) is 5.10 Å². The highest BCUT2D eigenvalue weighted by atomic mass is 16.2. The number of aromatic nitrogens is 4. The molecule has 4 aromatic rings. The smallest absolute Gasteiger partial charge is 0.270 e. The van der Waals surface area contributed by atoms with Crippen LogP contribution >= 0.6 is 0 Å². The van der Waals surface area contributed by atoms with Crippen LogP contribution in [0.5, 0.6) is 0 Å². The van der Waals surface area contributed by atoms with Gasteiger partial charge in [-0.05, 0) is 55.2 Å². The van der Waals surface area contributed by atoms with Gasteiger partial charge in [0.05, 0.1) is 23.3 Å². The highest BCUT2D eigenvalue weighted by Crippen LogP contribution is 2.39. The Hall–Kier alpha value is -3.67. The Labute approximate surface area is 175 Å². The fraction of sp³-hybridized carbons (Fsp3) is 0.208. The maximum absolute atomic E-state index is 12.9. The highest BCUT2D eigenvalue weighted by Gasteiger charge is 2.29. The monoisotopic (exact) mass is 397 g/mol. The molecular formula is C24H23N5O. The van der Waals surface area contributed by atoms with Crippen LogP contribution in [-0.4, -0.2) is 32.0 Å². The molecular weight excluding hydrogens is 374 g/mol. The first-order valence-electron chi connectivity index (χ1n) is 10.3. The van der Waals surface area contributed by atoms with Crippen molar-refractivity contribution >= 4 is 5.91 Å². The molecule has 6 nitrogen and oxygen atoms in total. The summed E-state index contributed by atoms with van der Waals surface area (Å²) in [6.45, 7) is 0.540. The van der Waals surface area contributed by atoms with Gasteiger partial charge < -0.3 is 5.32 Å². The van der Waals surface area contributed by atoms with Crippen LogP contribution < -0.4 is 5.32 Å². The quantitative estimate of drug-likeness (QED) is 0.514. The normalized spacial score (nSPS) is 13.3. The van der Waals surface area contributed by atoms with Crippen LogP contribution in [0.1, 0.15) is 40.5 Å². The molecule has 1 saturated carbocycles. The van der Waals surface area contributed by atoms with Crippen LogP contribution in [0.2, 0.25) is 0 Å². The zero-order chi connectivity index (χ0) is 20.3. The summed E-state index contributed by atoms with van der Waals surface area (Å²) in [7, 11) is 0. The van der Waals surface area contributed by atoms with Crippen molar-refractivity contribution in [3.8, 4) is 11.4 Å². The standard InChI is InChI=1S/C24H23N5O/c30-24(25-14-13-18-16-26-28(17-18)20-7-3-1-4-8-20)23-15-22(19-11-12-19)27-29(23)21-9-5-2-6-10-21/h1-10,15-17,19H,11-14H2,(H,25,30). The largest absolute Gasteiger partial charge is 0.350 e. The molecule has 1 fully saturated rings. The SMILES string of the molecule is O=C(NCCc1cnn(-c2ccccc2)c1)c1cc(C2CC2)nn1-c1ccccc1. The van der Waals surface area contributed by atoms with Crippen LogP contribution in [0.4, 0.5) is 0 Å². The van der Waals surface area contributed by atoms with Crippen LogP contribution in [0.25, 0.3) is 11.4 Å². The molecule has 1 N–H and O–H groups in total. The van der Waals surface area contributed by atoms with Crippen molar-refractivity contribution in [1.29, 1.82) is 0 Å². The first kappa shape index (κ1) is 18.4. The van der Waals surface area contributed by atoms with Gasteiger partial charge in [0.25, 0.3) is 5.91 Å². The minimum Gasteiger partial charge on any atom is -0.350 e. The number of hydrogen-bond acceptors (Lipinski definition) is 3. The zero-order valence-corrected chi connectivity index (χ0v) is 16.6. The van der Waals surface area contributed by atoms with Crippen molar-refractivity contribution in [2.75, 3.05) is 6.54 Å². The zero-order valence-electron chi connectivity index (χ0n) is 16.6. The van der Waals surface area contributed by atoms with Gasteiger partial charge in [-0.2, -0.15) is 10.2 Å². The van der Waals surface area contributed by atoms with E-state index in [0.29, 0.717) is 24.6 Å². The summed E-state index contributed by atoms with van der Waals surface area (Å²) in [5.41, 5.74) is 4.59. The number of nitrogens with one attached hydrogen (secondary N) is 1. The van der Waals surface area contributed by atoms with Crippen molar-refractivity contribution in [3.05, 3.63) is 96.1 Å². The summed E-state index contributed by atoms with van der Waals surface area (Å²) in [5, 5.41) is 12.2. The maximum atomic E-state index is 12.9. The van der Waals surface area contributed by atoms with Gasteiger partial charge in [-0.1, -0.05) is 36.4 Å². The molecule has 2 aromatic heterocycles. The first-order valence-corrected chi connectivity index (χ1v) is 10.3. The highest BCUT2D eigenvalue weighted by molar-refractivity contribution is 5.93. The second-order valence-corrected chi connectivity index (χ2v) is 7.61. The molecule has 0 atom stereocenters. The molecule has 0 saturated heterocycles. The molecule has 1 aliphatic carbocycles. The van der Waals surface area contributed by atoms with E-state index in [0.717, 1.165) is 35.5 Å². The lowest BCUT2D eigenvalue weighted by molar-refractivity contribution is 0.0946. The Balaban J connectivity index is 1.27. The van der Waals surface area contributed by atoms with Crippen molar-refractivity contribution < 1.29 is 4.79 Å². The van der Waals surface area contributed by atoms with E-state index in [9.17, 15) is 4.79 Å². The minimum absolute atomic E-state index is 0.103. The summed E-state index contributed by atoms with van der Waals surface area (Å²) < 4.78 is 3.61. The summed E-state index contributed by atoms with van der Waals surface area (Å²) in [6, 6.07) is 21.7. The molecule has 30 heavy (non-hydrogen) atoms. The molecule has 0 spiro atoms. The fourth-order valence-electron chi connectivity index (χ4n) is 3.53. The molecule has 150 valence electrons. The number of carbonyl (C=O) groups is 1. The number of amides is 1. The summed E-state index contributed by atoms with van der Waals surface area (Å²) in [6.07, 6.45) is 6.86. The van der Waals surface area contributed by atoms with Crippen LogP contribution in [0.3, 0.4) is 0 Å². The summed E-state index contributed by atoms with van der Waals surface area (Å²) in [5.74, 6) is 0.388. The Kier molecular flexibility index (Phi) is 4.89. The Morgan fingerprint density at radius 2 is 1.70 bits per heavy atom. The Morgan fingerprint density at radius 3 is 2.40 bits per heavy atom. The second-order valence-electron chi connectivity index (χ2n) is 7.61. The molecule has 0 unspecified atom stereocenters. The van der Waals surface area contributed by atoms with Gasteiger partial charge in [0.1, 0.15) is 5.69 Å². The molecule has 0 radical (unpaired) electrons. The lowest BCUT2D eigenvalue weighted by Gasteiger charge is -2.08. The van der Waals surface area contributed by atoms with E-state index in [1.165, 1.54) is 0 Å². The van der Waals surface area contributed by atoms with E-state index < -0.39 is 0 Å². The van der Waals surface area contributed by atoms with E-state index in [1.807, 2.05) is 83.8 Å². The minimum atomic E-state index is -0.103. The number of benzene rings is 2. The van der Waals surface area contributed by atoms with Gasteiger partial charge in [-0.25, -0.2) is 9.36 Å². The summed E-state index contributed by atoms with van der Waals surface area (Å²) in [4.78, 5) is 12.9. The topological polar surface area (TPSA) is 64.7 Å². The predicted octanol–water partition coefficient (Wildman–Crippen LogP) is 3.91. The molecule has 2 aromatic carbocycles. The average molecular weight is 397 g/mol. The van der Waals surface area contributed by atoms with E-state index in [-0.39, 0.29) is 5.91 Å². The van der Waals surface area contributed by atoms with Crippen LogP contribution in [0.15, 0.2) is 79.1 Å². The van der Waals surface area contributed by atoms with Crippen molar-refractivity contribution in [3.63, 3.8) is 0 Å². The van der Waals surface area contributed by atoms with Gasteiger partial charge in [-0.3, -0.25) is 4.79 Å². The van der Waals surface area contributed by atoms with Gasteiger partial charge >= 0.3 is 0 Å². The Morgan fingerprint density at radius 1 is 1.00 bits per heavy atom. The van der Waals surface area contributed by atoms with E-state index in [1.54, 1.807) is 4.68 Å². The first-order chi connectivity index (χ1) is 14.8. The van der Waals surface area contributed by atoms with Crippen molar-refractivity contribution in [2.45, 2.75) is 25.2 Å². The van der Waals surface area contributed by atoms with Gasteiger partial charge in [0.2, 0.25) is 0 Å². The fourth-order valence-corrected chi connectivity index (χ4v) is 3.53. The van der Waals surface area contributed by atoms with Gasteiger partial charge in [-0.15, -0.1) is 0 Å². The maximum Gasteiger partial charge on any atom is 0.270 e. The molecule has 1 aliphatic rings. The third kappa shape index (κ3) is 3.89. The predicted molar refractivity (Wildman–Crippen MR) is 115 cm³/mol. The number of para-hydroxylation sites is 2. The lowest BCUT2D eigenvalue weighted by atomic mass is 10.2. The molecule has 6 heteroatoms. The van der Waals surface area contributed by atoms with Crippen LogP contribution in [0, 0.1) is 0 Å². The number of rotatable bonds is 7. The van der Waals surface area contributed by atoms with Gasteiger partial charge in [0, 0.05) is 18.7 Å². The molecule has 1 amide bonds. The van der Waals surface area contributed by atoms with E-state index in [2.05, 4.69) is 10.4 Å². The number of carbonyl (C=O) groups excluding carboxylic acids is 1.